The third kappa shape index (κ3) is 1.91. The predicted molar refractivity (Wildman–Crippen MR) is 56.8 cm³/mol. The Balaban J connectivity index is 2.18. The summed E-state index contributed by atoms with van der Waals surface area (Å²) in [7, 11) is 0. The first-order valence-corrected chi connectivity index (χ1v) is 5.09. The molecule has 0 radical (unpaired) electrons. The number of ketones is 1. The zero-order valence-electron chi connectivity index (χ0n) is 8.90. The van der Waals surface area contributed by atoms with Crippen LogP contribution in [0.1, 0.15) is 22.8 Å². The van der Waals surface area contributed by atoms with Gasteiger partial charge in [-0.15, -0.1) is 0 Å². The van der Waals surface area contributed by atoms with Gasteiger partial charge in [0.05, 0.1) is 0 Å². The van der Waals surface area contributed by atoms with E-state index in [0.717, 1.165) is 11.1 Å². The summed E-state index contributed by atoms with van der Waals surface area (Å²) < 4.78 is 5.05. The monoisotopic (exact) mass is 220 g/mol. The Kier molecular flexibility index (Phi) is 2.64. The maximum Gasteiger partial charge on any atom is 0.341 e. The molecule has 1 aromatic carbocycles. The van der Waals surface area contributed by atoms with Gasteiger partial charge in [-0.25, -0.2) is 4.79 Å². The van der Waals surface area contributed by atoms with Gasteiger partial charge in [-0.1, -0.05) is 6.92 Å². The van der Waals surface area contributed by atoms with Crippen LogP contribution in [0.5, 0.6) is 5.75 Å². The summed E-state index contributed by atoms with van der Waals surface area (Å²) >= 11 is 0. The van der Waals surface area contributed by atoms with Crippen LogP contribution in [-0.2, 0) is 11.2 Å². The average Bonchev–Trinajstić information content (AvgIpc) is 2.52. The molecule has 1 N–H and O–H groups in total. The van der Waals surface area contributed by atoms with Crippen molar-refractivity contribution in [2.24, 2.45) is 5.92 Å². The van der Waals surface area contributed by atoms with Gasteiger partial charge >= 0.3 is 5.97 Å². The second-order valence-corrected chi connectivity index (χ2v) is 3.97. The highest BCUT2D eigenvalue weighted by Crippen LogP contribution is 2.29. The minimum absolute atomic E-state index is 0.0183. The highest BCUT2D eigenvalue weighted by molar-refractivity contribution is 6.02. The number of hydrogen-bond donors (Lipinski definition) is 1. The van der Waals surface area contributed by atoms with E-state index in [2.05, 4.69) is 0 Å². The molecule has 0 heterocycles. The van der Waals surface area contributed by atoms with E-state index in [4.69, 9.17) is 9.84 Å². The van der Waals surface area contributed by atoms with Crippen molar-refractivity contribution >= 4 is 11.8 Å². The minimum atomic E-state index is -1.01. The lowest BCUT2D eigenvalue weighted by Gasteiger charge is -2.04. The van der Waals surface area contributed by atoms with Gasteiger partial charge < -0.3 is 9.84 Å². The molecule has 0 aliphatic heterocycles. The molecule has 4 heteroatoms. The molecule has 0 aromatic heterocycles. The molecule has 0 unspecified atom stereocenters. The van der Waals surface area contributed by atoms with Crippen LogP contribution in [0, 0.1) is 5.92 Å². The van der Waals surface area contributed by atoms with E-state index in [1.165, 1.54) is 0 Å². The van der Waals surface area contributed by atoms with Gasteiger partial charge in [-0.3, -0.25) is 4.79 Å². The van der Waals surface area contributed by atoms with E-state index in [9.17, 15) is 9.59 Å². The molecule has 2 rings (SSSR count). The van der Waals surface area contributed by atoms with Gasteiger partial charge in [-0.2, -0.15) is 0 Å². The first kappa shape index (κ1) is 10.7. The molecule has 84 valence electrons. The summed E-state index contributed by atoms with van der Waals surface area (Å²) in [4.78, 5) is 22.0. The molecule has 0 saturated heterocycles. The number of carboxylic acid groups (broad SMARTS) is 1. The fraction of sp³-hybridized carbons (Fsp3) is 0.333. The van der Waals surface area contributed by atoms with E-state index in [-0.39, 0.29) is 18.3 Å². The van der Waals surface area contributed by atoms with Gasteiger partial charge in [0.2, 0.25) is 0 Å². The minimum Gasteiger partial charge on any atom is -0.482 e. The summed E-state index contributed by atoms with van der Waals surface area (Å²) in [6.45, 7) is 1.53. The lowest BCUT2D eigenvalue weighted by molar-refractivity contribution is -0.139. The average molecular weight is 220 g/mol. The largest absolute Gasteiger partial charge is 0.482 e. The van der Waals surface area contributed by atoms with Crippen LogP contribution in [-0.4, -0.2) is 23.5 Å². The Labute approximate surface area is 92.8 Å². The first-order chi connectivity index (χ1) is 7.58. The van der Waals surface area contributed by atoms with Crippen molar-refractivity contribution in [3.63, 3.8) is 0 Å². The van der Waals surface area contributed by atoms with Crippen molar-refractivity contribution in [1.82, 2.24) is 0 Å². The van der Waals surface area contributed by atoms with E-state index >= 15 is 0 Å². The van der Waals surface area contributed by atoms with Crippen molar-refractivity contribution in [2.45, 2.75) is 13.3 Å². The molecule has 0 fully saturated rings. The van der Waals surface area contributed by atoms with E-state index in [1.54, 1.807) is 18.2 Å². The highest BCUT2D eigenvalue weighted by atomic mass is 16.5. The molecular weight excluding hydrogens is 208 g/mol. The van der Waals surface area contributed by atoms with E-state index in [0.29, 0.717) is 12.2 Å². The molecule has 16 heavy (non-hydrogen) atoms. The second kappa shape index (κ2) is 3.96. The number of fused-ring (bicyclic) bond motifs is 1. The van der Waals surface area contributed by atoms with Crippen LogP contribution in [0.25, 0.3) is 0 Å². The number of carbonyl (C=O) groups excluding carboxylic acids is 1. The number of hydrogen-bond acceptors (Lipinski definition) is 3. The van der Waals surface area contributed by atoms with Crippen LogP contribution >= 0.6 is 0 Å². The van der Waals surface area contributed by atoms with Gasteiger partial charge in [0.1, 0.15) is 5.75 Å². The zero-order valence-corrected chi connectivity index (χ0v) is 8.90. The number of ether oxygens (including phenoxy) is 1. The smallest absolute Gasteiger partial charge is 0.341 e. The maximum absolute atomic E-state index is 11.6. The molecule has 0 saturated carbocycles. The number of carboxylic acids is 1. The van der Waals surface area contributed by atoms with Crippen molar-refractivity contribution in [1.29, 1.82) is 0 Å². The Bertz CT molecular complexity index is 450. The van der Waals surface area contributed by atoms with Gasteiger partial charge in [-0.05, 0) is 30.2 Å². The predicted octanol–water partition coefficient (Wildman–Crippen LogP) is 1.52. The Morgan fingerprint density at radius 3 is 3.00 bits per heavy atom. The molecule has 0 spiro atoms. The summed E-state index contributed by atoms with van der Waals surface area (Å²) in [5.74, 6) is -0.336. The Morgan fingerprint density at radius 1 is 1.56 bits per heavy atom. The van der Waals surface area contributed by atoms with Crippen molar-refractivity contribution in [2.75, 3.05) is 6.61 Å². The summed E-state index contributed by atoms with van der Waals surface area (Å²) in [5, 5.41) is 8.47. The SMILES string of the molecule is C[C@H]1Cc2cc(OCC(=O)O)ccc2C1=O. The summed E-state index contributed by atoms with van der Waals surface area (Å²) in [6.07, 6.45) is 0.707. The third-order valence-corrected chi connectivity index (χ3v) is 2.68. The summed E-state index contributed by atoms with van der Waals surface area (Å²) in [6, 6.07) is 5.09. The Morgan fingerprint density at radius 2 is 2.31 bits per heavy atom. The highest BCUT2D eigenvalue weighted by Gasteiger charge is 2.26. The first-order valence-electron chi connectivity index (χ1n) is 5.09. The lowest BCUT2D eigenvalue weighted by atomic mass is 10.1. The van der Waals surface area contributed by atoms with Crippen molar-refractivity contribution in [3.8, 4) is 5.75 Å². The molecule has 1 aliphatic carbocycles. The molecule has 4 nitrogen and oxygen atoms in total. The van der Waals surface area contributed by atoms with Crippen LogP contribution < -0.4 is 4.74 Å². The topological polar surface area (TPSA) is 63.6 Å². The fourth-order valence-corrected chi connectivity index (χ4v) is 1.90. The van der Waals surface area contributed by atoms with Gasteiger partial charge in [0.15, 0.2) is 12.4 Å². The van der Waals surface area contributed by atoms with Crippen LogP contribution in [0.15, 0.2) is 18.2 Å². The van der Waals surface area contributed by atoms with Crippen LogP contribution in [0.3, 0.4) is 0 Å². The molecule has 1 atom stereocenters. The molecule has 0 amide bonds. The molecule has 1 aliphatic rings. The van der Waals surface area contributed by atoms with Crippen LogP contribution in [0.4, 0.5) is 0 Å². The number of Topliss-reactive ketones (excluding diaryl/α,β-unsaturated/α-hetero) is 1. The molecule has 0 bridgehead atoms. The number of rotatable bonds is 3. The second-order valence-electron chi connectivity index (χ2n) is 3.97. The molecule has 1 aromatic rings. The van der Waals surface area contributed by atoms with Gasteiger partial charge in [0, 0.05) is 11.5 Å². The third-order valence-electron chi connectivity index (χ3n) is 2.68. The Hall–Kier alpha value is -1.84. The van der Waals surface area contributed by atoms with Crippen LogP contribution in [0.2, 0.25) is 0 Å². The lowest BCUT2D eigenvalue weighted by Crippen LogP contribution is -2.09. The molecular formula is C12H12O4. The number of benzene rings is 1. The van der Waals surface area contributed by atoms with E-state index < -0.39 is 5.97 Å². The summed E-state index contributed by atoms with van der Waals surface area (Å²) in [5.41, 5.74) is 1.68. The van der Waals surface area contributed by atoms with E-state index in [1.807, 2.05) is 6.92 Å². The van der Waals surface area contributed by atoms with Crippen molar-refractivity contribution in [3.05, 3.63) is 29.3 Å². The fourth-order valence-electron chi connectivity index (χ4n) is 1.90. The number of aliphatic carboxylic acids is 1. The van der Waals surface area contributed by atoms with Crippen molar-refractivity contribution < 1.29 is 19.4 Å². The number of carbonyl (C=O) groups is 2. The normalized spacial score (nSPS) is 18.3. The zero-order chi connectivity index (χ0) is 11.7. The van der Waals surface area contributed by atoms with Gasteiger partial charge in [0.25, 0.3) is 0 Å². The maximum atomic E-state index is 11.6. The quantitative estimate of drug-likeness (QED) is 0.838. The standard InChI is InChI=1S/C12H12O4/c1-7-4-8-5-9(16-6-11(13)14)2-3-10(8)12(7)15/h2-3,5,7H,4,6H2,1H3,(H,13,14)/t7-/m0/s1.